The molecule has 0 amide bonds. The van der Waals surface area contributed by atoms with Crippen molar-refractivity contribution in [2.75, 3.05) is 0 Å². The van der Waals surface area contributed by atoms with Crippen LogP contribution in [0.4, 0.5) is 0 Å². The van der Waals surface area contributed by atoms with Gasteiger partial charge in [0.15, 0.2) is 0 Å². The molecule has 2 heterocycles. The second-order valence-electron chi connectivity index (χ2n) is 17.5. The van der Waals surface area contributed by atoms with Gasteiger partial charge in [-0.1, -0.05) is 142 Å². The molecule has 0 aliphatic heterocycles. The van der Waals surface area contributed by atoms with Gasteiger partial charge in [0.25, 0.3) is 0 Å². The number of aromatic nitrogens is 2. The molecule has 2 aliphatic carbocycles. The Hall–Kier alpha value is -6.64. The normalized spacial score (nSPS) is 13.2. The van der Waals surface area contributed by atoms with Gasteiger partial charge in [0.1, 0.15) is 0 Å². The Balaban J connectivity index is 0.00000420. The summed E-state index contributed by atoms with van der Waals surface area (Å²) in [6.45, 7) is 6.98. The minimum absolute atomic E-state index is 0. The SMILES string of the molecule is CC(C)(C)c1ccc2c(c1)C1(c3ccccc3-c3ccccc31)c1cc3c(cc1-2)c1cc(-c2cccc(-c4cc[c-]c(-c5ccccn5)c4)c2)ccc1n3-c1ccccc1.[Ir]. The van der Waals surface area contributed by atoms with Crippen molar-refractivity contribution in [3.8, 4) is 61.5 Å². The predicted octanol–water partition coefficient (Wildman–Crippen LogP) is 14.6. The predicted molar refractivity (Wildman–Crippen MR) is 249 cm³/mol. The van der Waals surface area contributed by atoms with Crippen molar-refractivity contribution >= 4 is 21.8 Å². The van der Waals surface area contributed by atoms with E-state index >= 15 is 0 Å². The van der Waals surface area contributed by atoms with Crippen molar-refractivity contribution in [2.24, 2.45) is 0 Å². The van der Waals surface area contributed by atoms with E-state index in [0.717, 1.165) is 28.1 Å². The Labute approximate surface area is 370 Å². The molecule has 12 rings (SSSR count). The van der Waals surface area contributed by atoms with Crippen LogP contribution in [0.3, 0.4) is 0 Å². The summed E-state index contributed by atoms with van der Waals surface area (Å²) in [4.78, 5) is 4.58. The molecule has 0 fully saturated rings. The van der Waals surface area contributed by atoms with Crippen molar-refractivity contribution in [1.82, 2.24) is 9.55 Å². The molecule has 2 nitrogen and oxygen atoms in total. The Kier molecular flexibility index (Phi) is 8.55. The zero-order valence-electron chi connectivity index (χ0n) is 34.2. The number of para-hydroxylation sites is 1. The minimum Gasteiger partial charge on any atom is -0.309 e. The third kappa shape index (κ3) is 5.54. The summed E-state index contributed by atoms with van der Waals surface area (Å²) in [5.74, 6) is 0. The molecule has 2 aromatic heterocycles. The molecule has 0 saturated carbocycles. The van der Waals surface area contributed by atoms with Crippen molar-refractivity contribution in [3.05, 3.63) is 228 Å². The maximum absolute atomic E-state index is 4.58. The second-order valence-corrected chi connectivity index (χ2v) is 17.5. The number of rotatable bonds is 4. The summed E-state index contributed by atoms with van der Waals surface area (Å²) in [6.07, 6.45) is 1.84. The van der Waals surface area contributed by atoms with Crippen LogP contribution in [-0.4, -0.2) is 9.55 Å². The van der Waals surface area contributed by atoms with Crippen LogP contribution in [-0.2, 0) is 30.9 Å². The molecule has 0 bridgehead atoms. The molecule has 2 aliphatic rings. The standard InChI is InChI=1S/C58H41N2.Ir/c1-57(2,3)42-27-28-46-47-35-49-48-33-40(38-16-13-15-37(31-38)39-17-14-18-41(32-39)54-25-11-12-30-59-54)26-29-55(48)60(43-19-5-4-6-20-43)56(49)36-53(47)58(52(46)34-42)50-23-9-7-21-44(50)45-22-8-10-24-51(45)58;/h4-17,19-36H,1-3H3;/q-1;. The molecule has 0 N–H and O–H groups in total. The monoisotopic (exact) mass is 958 g/mol. The van der Waals surface area contributed by atoms with Crippen LogP contribution < -0.4 is 0 Å². The van der Waals surface area contributed by atoms with Gasteiger partial charge in [0.2, 0.25) is 0 Å². The number of hydrogen-bond donors (Lipinski definition) is 0. The van der Waals surface area contributed by atoms with Crippen LogP contribution in [0.5, 0.6) is 0 Å². The van der Waals surface area contributed by atoms with E-state index in [1.54, 1.807) is 0 Å². The Bertz CT molecular complexity index is 3310. The fraction of sp³-hybridized carbons (Fsp3) is 0.0862. The quantitative estimate of drug-likeness (QED) is 0.161. The van der Waals surface area contributed by atoms with E-state index in [4.69, 9.17) is 0 Å². The van der Waals surface area contributed by atoms with Gasteiger partial charge >= 0.3 is 0 Å². The Morgan fingerprint density at radius 1 is 0.475 bits per heavy atom. The first kappa shape index (κ1) is 37.4. The van der Waals surface area contributed by atoms with Crippen molar-refractivity contribution in [2.45, 2.75) is 31.6 Å². The molecule has 10 aromatic rings. The van der Waals surface area contributed by atoms with Gasteiger partial charge in [-0.05, 0) is 126 Å². The van der Waals surface area contributed by atoms with Gasteiger partial charge in [0, 0.05) is 42.8 Å². The zero-order valence-corrected chi connectivity index (χ0v) is 36.6. The van der Waals surface area contributed by atoms with Gasteiger partial charge in [-0.2, -0.15) is 0 Å². The fourth-order valence-electron chi connectivity index (χ4n) is 10.3. The van der Waals surface area contributed by atoms with E-state index in [1.807, 2.05) is 30.5 Å². The van der Waals surface area contributed by atoms with Crippen LogP contribution in [0.15, 0.2) is 194 Å². The largest absolute Gasteiger partial charge is 0.309 e. The van der Waals surface area contributed by atoms with E-state index in [9.17, 15) is 0 Å². The van der Waals surface area contributed by atoms with E-state index in [1.165, 1.54) is 83.0 Å². The summed E-state index contributed by atoms with van der Waals surface area (Å²) in [7, 11) is 0. The van der Waals surface area contributed by atoms with Crippen LogP contribution in [0.2, 0.25) is 0 Å². The number of benzene rings is 8. The van der Waals surface area contributed by atoms with Crippen molar-refractivity contribution < 1.29 is 20.1 Å². The first-order chi connectivity index (χ1) is 29.4. The molecular formula is C58H41IrN2-. The molecule has 8 aromatic carbocycles. The average molecular weight is 958 g/mol. The minimum atomic E-state index is -0.442. The van der Waals surface area contributed by atoms with Crippen LogP contribution in [0.25, 0.3) is 83.3 Å². The molecule has 3 heteroatoms. The van der Waals surface area contributed by atoms with Crippen LogP contribution in [0, 0.1) is 6.07 Å². The topological polar surface area (TPSA) is 17.8 Å². The molecule has 0 atom stereocenters. The van der Waals surface area contributed by atoms with E-state index < -0.39 is 5.41 Å². The van der Waals surface area contributed by atoms with E-state index in [0.29, 0.717) is 0 Å². The van der Waals surface area contributed by atoms with Gasteiger partial charge < -0.3 is 9.55 Å². The Morgan fingerprint density at radius 3 is 1.84 bits per heavy atom. The number of fused-ring (bicyclic) bond motifs is 13. The first-order valence-electron chi connectivity index (χ1n) is 20.9. The van der Waals surface area contributed by atoms with Crippen molar-refractivity contribution in [3.63, 3.8) is 0 Å². The van der Waals surface area contributed by atoms with Gasteiger partial charge in [-0.15, -0.1) is 35.4 Å². The maximum Gasteiger partial charge on any atom is 0.0726 e. The molecule has 1 spiro atoms. The third-order valence-electron chi connectivity index (χ3n) is 13.1. The summed E-state index contributed by atoms with van der Waals surface area (Å²) in [5.41, 5.74) is 21.8. The second kappa shape index (κ2) is 14.0. The fourth-order valence-corrected chi connectivity index (χ4v) is 10.3. The number of pyridine rings is 1. The van der Waals surface area contributed by atoms with Gasteiger partial charge in [0.05, 0.1) is 16.4 Å². The molecular weight excluding hydrogens is 917 g/mol. The molecule has 61 heavy (non-hydrogen) atoms. The summed E-state index contributed by atoms with van der Waals surface area (Å²) >= 11 is 0. The summed E-state index contributed by atoms with van der Waals surface area (Å²) < 4.78 is 2.48. The van der Waals surface area contributed by atoms with E-state index in [2.05, 4.69) is 200 Å². The molecule has 0 unspecified atom stereocenters. The third-order valence-corrected chi connectivity index (χ3v) is 13.1. The maximum atomic E-state index is 4.58. The molecule has 0 saturated heterocycles. The summed E-state index contributed by atoms with van der Waals surface area (Å²) in [5, 5.41) is 2.50. The number of nitrogens with zero attached hydrogens (tertiary/aromatic N) is 2. The van der Waals surface area contributed by atoms with Gasteiger partial charge in [-0.3, -0.25) is 0 Å². The first-order valence-corrected chi connectivity index (χ1v) is 20.9. The van der Waals surface area contributed by atoms with E-state index in [-0.39, 0.29) is 25.5 Å². The smallest absolute Gasteiger partial charge is 0.0726 e. The molecule has 293 valence electrons. The molecule has 1 radical (unpaired) electrons. The van der Waals surface area contributed by atoms with Gasteiger partial charge in [-0.25, -0.2) is 0 Å². The number of hydrogen-bond acceptors (Lipinski definition) is 1. The van der Waals surface area contributed by atoms with Crippen molar-refractivity contribution in [1.29, 1.82) is 0 Å². The van der Waals surface area contributed by atoms with Crippen LogP contribution in [0.1, 0.15) is 48.6 Å². The zero-order chi connectivity index (χ0) is 40.2. The summed E-state index contributed by atoms with van der Waals surface area (Å²) in [6, 6.07) is 73.1. The Morgan fingerprint density at radius 2 is 1.11 bits per heavy atom. The average Bonchev–Trinajstić information content (AvgIpc) is 3.89. The van der Waals surface area contributed by atoms with Crippen LogP contribution >= 0.6 is 0 Å².